The number of benzene rings is 1. The van der Waals surface area contributed by atoms with E-state index >= 15 is 0 Å². The zero-order valence-corrected chi connectivity index (χ0v) is 11.5. The summed E-state index contributed by atoms with van der Waals surface area (Å²) in [6.07, 6.45) is 5.89. The first-order valence-corrected chi connectivity index (χ1v) is 7.15. The molecular weight excluding hydrogens is 262 g/mol. The van der Waals surface area contributed by atoms with Gasteiger partial charge in [0, 0.05) is 18.1 Å². The number of nitrogens with zero attached hydrogens (tertiary/aromatic N) is 1. The van der Waals surface area contributed by atoms with Gasteiger partial charge >= 0.3 is 0 Å². The van der Waals surface area contributed by atoms with E-state index in [1.807, 2.05) is 6.07 Å². The van der Waals surface area contributed by atoms with Gasteiger partial charge in [0.1, 0.15) is 11.3 Å². The van der Waals surface area contributed by atoms with Crippen LogP contribution in [0.1, 0.15) is 31.5 Å². The molecule has 0 aliphatic carbocycles. The normalized spacial score (nSPS) is 19.9. The molecular formula is C14H18ClN3O. The van der Waals surface area contributed by atoms with Crippen LogP contribution in [0.5, 0.6) is 0 Å². The highest BCUT2D eigenvalue weighted by Crippen LogP contribution is 2.25. The lowest BCUT2D eigenvalue weighted by Gasteiger charge is -2.21. The highest BCUT2D eigenvalue weighted by molar-refractivity contribution is 6.31. The van der Waals surface area contributed by atoms with Crippen molar-refractivity contribution in [1.82, 2.24) is 9.97 Å². The Labute approximate surface area is 117 Å². The van der Waals surface area contributed by atoms with Gasteiger partial charge in [-0.05, 0) is 37.8 Å². The molecule has 0 bridgehead atoms. The van der Waals surface area contributed by atoms with Gasteiger partial charge in [-0.1, -0.05) is 11.6 Å². The quantitative estimate of drug-likeness (QED) is 0.847. The molecule has 1 fully saturated rings. The molecule has 3 rings (SSSR count). The maximum Gasteiger partial charge on any atom is 0.112 e. The van der Waals surface area contributed by atoms with Crippen molar-refractivity contribution < 1.29 is 4.74 Å². The van der Waals surface area contributed by atoms with E-state index in [2.05, 4.69) is 9.97 Å². The Bertz CT molecular complexity index is 575. The number of hydrogen-bond acceptors (Lipinski definition) is 3. The molecule has 1 aromatic carbocycles. The summed E-state index contributed by atoms with van der Waals surface area (Å²) in [7, 11) is 0. The minimum Gasteiger partial charge on any atom is -0.397 e. The lowest BCUT2D eigenvalue weighted by molar-refractivity contribution is 0.0112. The summed E-state index contributed by atoms with van der Waals surface area (Å²) < 4.78 is 5.73. The van der Waals surface area contributed by atoms with Crippen LogP contribution in [0.2, 0.25) is 5.02 Å². The van der Waals surface area contributed by atoms with Crippen molar-refractivity contribution in [3.63, 3.8) is 0 Å². The average Bonchev–Trinajstić information content (AvgIpc) is 2.81. The number of nitrogens with one attached hydrogen (secondary N) is 1. The maximum atomic E-state index is 5.98. The molecule has 0 radical (unpaired) electrons. The number of aryl methyl sites for hydroxylation is 1. The summed E-state index contributed by atoms with van der Waals surface area (Å²) in [4.78, 5) is 7.83. The Kier molecular flexibility index (Phi) is 3.62. The maximum absolute atomic E-state index is 5.98. The van der Waals surface area contributed by atoms with E-state index < -0.39 is 0 Å². The molecule has 1 aliphatic rings. The van der Waals surface area contributed by atoms with Crippen LogP contribution in [0.15, 0.2) is 12.1 Å². The van der Waals surface area contributed by atoms with Crippen LogP contribution in [-0.4, -0.2) is 22.7 Å². The van der Waals surface area contributed by atoms with Crippen molar-refractivity contribution in [2.75, 3.05) is 12.3 Å². The van der Waals surface area contributed by atoms with Gasteiger partial charge in [0.15, 0.2) is 0 Å². The number of aromatic nitrogens is 2. The molecule has 1 saturated heterocycles. The number of nitrogens with two attached hydrogens (primary N) is 1. The van der Waals surface area contributed by atoms with E-state index in [4.69, 9.17) is 22.1 Å². The predicted molar refractivity (Wildman–Crippen MR) is 77.4 cm³/mol. The van der Waals surface area contributed by atoms with Crippen LogP contribution >= 0.6 is 11.6 Å². The minimum absolute atomic E-state index is 0.378. The summed E-state index contributed by atoms with van der Waals surface area (Å²) >= 11 is 5.98. The summed E-state index contributed by atoms with van der Waals surface area (Å²) in [5.74, 6) is 0.957. The Balaban J connectivity index is 1.72. The van der Waals surface area contributed by atoms with Gasteiger partial charge < -0.3 is 15.5 Å². The lowest BCUT2D eigenvalue weighted by atomic mass is 10.0. The predicted octanol–water partition coefficient (Wildman–Crippen LogP) is 3.30. The summed E-state index contributed by atoms with van der Waals surface area (Å²) in [6, 6.07) is 3.60. The van der Waals surface area contributed by atoms with E-state index in [-0.39, 0.29) is 0 Å². The van der Waals surface area contributed by atoms with Crippen LogP contribution in [0.4, 0.5) is 5.69 Å². The SMILES string of the molecule is Nc1cc(Cl)cc2[nH]c(CCC3CCCCO3)nc12. The van der Waals surface area contributed by atoms with Gasteiger partial charge in [-0.2, -0.15) is 0 Å². The zero-order chi connectivity index (χ0) is 13.2. The average molecular weight is 280 g/mol. The highest BCUT2D eigenvalue weighted by Gasteiger charge is 2.15. The number of H-pyrrole nitrogens is 1. The molecule has 1 aliphatic heterocycles. The molecule has 2 heterocycles. The lowest BCUT2D eigenvalue weighted by Crippen LogP contribution is -2.19. The van der Waals surface area contributed by atoms with Crippen molar-refractivity contribution in [2.24, 2.45) is 0 Å². The fourth-order valence-electron chi connectivity index (χ4n) is 2.61. The Morgan fingerprint density at radius 2 is 2.32 bits per heavy atom. The third kappa shape index (κ3) is 2.85. The minimum atomic E-state index is 0.378. The first-order chi connectivity index (χ1) is 9.22. The van der Waals surface area contributed by atoms with Crippen molar-refractivity contribution in [2.45, 2.75) is 38.2 Å². The molecule has 0 amide bonds. The number of imidazole rings is 1. The van der Waals surface area contributed by atoms with Crippen molar-refractivity contribution >= 4 is 28.3 Å². The molecule has 19 heavy (non-hydrogen) atoms. The van der Waals surface area contributed by atoms with Crippen LogP contribution in [0.3, 0.4) is 0 Å². The molecule has 0 saturated carbocycles. The summed E-state index contributed by atoms with van der Waals surface area (Å²) in [6.45, 7) is 0.896. The topological polar surface area (TPSA) is 63.9 Å². The molecule has 1 aromatic heterocycles. The fraction of sp³-hybridized carbons (Fsp3) is 0.500. The number of hydrogen-bond donors (Lipinski definition) is 2. The van der Waals surface area contributed by atoms with Crippen molar-refractivity contribution in [1.29, 1.82) is 0 Å². The van der Waals surface area contributed by atoms with Gasteiger partial charge in [0.05, 0.1) is 17.3 Å². The number of aromatic amines is 1. The van der Waals surface area contributed by atoms with Crippen LogP contribution < -0.4 is 5.73 Å². The first kappa shape index (κ1) is 12.8. The van der Waals surface area contributed by atoms with Crippen LogP contribution in [-0.2, 0) is 11.2 Å². The second kappa shape index (κ2) is 5.39. The standard InChI is InChI=1S/C14H18ClN3O/c15-9-7-11(16)14-12(8-9)17-13(18-14)5-4-10-3-1-2-6-19-10/h7-8,10H,1-6,16H2,(H,17,18). The van der Waals surface area contributed by atoms with Gasteiger partial charge in [0.25, 0.3) is 0 Å². The Hall–Kier alpha value is -1.26. The monoisotopic (exact) mass is 279 g/mol. The third-order valence-corrected chi connectivity index (χ3v) is 3.83. The molecule has 4 nitrogen and oxygen atoms in total. The molecule has 5 heteroatoms. The van der Waals surface area contributed by atoms with E-state index in [0.717, 1.165) is 42.7 Å². The molecule has 1 unspecified atom stereocenters. The molecule has 2 aromatic rings. The second-order valence-corrected chi connectivity index (χ2v) is 5.54. The van der Waals surface area contributed by atoms with E-state index in [9.17, 15) is 0 Å². The number of anilines is 1. The molecule has 1 atom stereocenters. The first-order valence-electron chi connectivity index (χ1n) is 6.77. The van der Waals surface area contributed by atoms with E-state index in [0.29, 0.717) is 16.8 Å². The van der Waals surface area contributed by atoms with E-state index in [1.165, 1.54) is 12.8 Å². The number of halogens is 1. The highest BCUT2D eigenvalue weighted by atomic mass is 35.5. The Morgan fingerprint density at radius 1 is 1.42 bits per heavy atom. The second-order valence-electron chi connectivity index (χ2n) is 5.10. The smallest absolute Gasteiger partial charge is 0.112 e. The fourth-order valence-corrected chi connectivity index (χ4v) is 2.84. The number of nitrogen functional groups attached to an aromatic ring is 1. The number of fused-ring (bicyclic) bond motifs is 1. The number of rotatable bonds is 3. The molecule has 0 spiro atoms. The van der Waals surface area contributed by atoms with E-state index in [1.54, 1.807) is 6.07 Å². The van der Waals surface area contributed by atoms with Crippen LogP contribution in [0, 0.1) is 0 Å². The summed E-state index contributed by atoms with van der Waals surface area (Å²) in [5.41, 5.74) is 8.26. The Morgan fingerprint density at radius 3 is 3.11 bits per heavy atom. The van der Waals surface area contributed by atoms with Crippen molar-refractivity contribution in [3.8, 4) is 0 Å². The van der Waals surface area contributed by atoms with Gasteiger partial charge in [-0.3, -0.25) is 0 Å². The van der Waals surface area contributed by atoms with Gasteiger partial charge in [0.2, 0.25) is 0 Å². The summed E-state index contributed by atoms with van der Waals surface area (Å²) in [5, 5.41) is 0.635. The van der Waals surface area contributed by atoms with Crippen LogP contribution in [0.25, 0.3) is 11.0 Å². The molecule has 102 valence electrons. The van der Waals surface area contributed by atoms with Gasteiger partial charge in [-0.25, -0.2) is 4.98 Å². The third-order valence-electron chi connectivity index (χ3n) is 3.61. The largest absolute Gasteiger partial charge is 0.397 e. The van der Waals surface area contributed by atoms with Crippen molar-refractivity contribution in [3.05, 3.63) is 23.0 Å². The zero-order valence-electron chi connectivity index (χ0n) is 10.8. The molecule has 3 N–H and O–H groups in total. The number of ether oxygens (including phenoxy) is 1. The van der Waals surface area contributed by atoms with Gasteiger partial charge in [-0.15, -0.1) is 0 Å².